The Morgan fingerprint density at radius 1 is 1.33 bits per heavy atom. The molecule has 0 atom stereocenters. The molecule has 0 aliphatic heterocycles. The fraction of sp³-hybridized carbons (Fsp3) is 0.571. The molecule has 4 heteroatoms. The molecule has 1 aliphatic carbocycles. The van der Waals surface area contributed by atoms with Crippen molar-refractivity contribution in [2.45, 2.75) is 38.5 Å². The molecule has 98 valence electrons. The molecule has 0 aromatic carbocycles. The fourth-order valence-electron chi connectivity index (χ4n) is 2.44. The van der Waals surface area contributed by atoms with Crippen LogP contribution in [0.1, 0.15) is 44.1 Å². The average molecular weight is 264 g/mol. The van der Waals surface area contributed by atoms with E-state index >= 15 is 0 Å². The average Bonchev–Trinajstić information content (AvgIpc) is 2.65. The van der Waals surface area contributed by atoms with E-state index in [0.717, 1.165) is 12.2 Å². The number of ether oxygens (including phenoxy) is 1. The van der Waals surface area contributed by atoms with E-state index in [9.17, 15) is 0 Å². The Morgan fingerprint density at radius 3 is 2.72 bits per heavy atom. The number of nitrogens with two attached hydrogens (primary N) is 1. The number of pyridine rings is 1. The monoisotopic (exact) mass is 264 g/mol. The summed E-state index contributed by atoms with van der Waals surface area (Å²) in [6, 6.07) is 1.81. The van der Waals surface area contributed by atoms with Gasteiger partial charge in [0.05, 0.1) is 18.4 Å². The standard InChI is InChI=1S/C14H20N2OS/c15-14(18)12-7-8-16-9-13(12)17-10-11-5-3-1-2-4-6-11/h7-9,11H,1-6,10H2,(H2,15,18). The summed E-state index contributed by atoms with van der Waals surface area (Å²) in [6.07, 6.45) is 11.3. The maximum atomic E-state index is 5.86. The van der Waals surface area contributed by atoms with E-state index in [0.29, 0.717) is 16.7 Å². The first kappa shape index (κ1) is 13.3. The zero-order chi connectivity index (χ0) is 12.8. The minimum Gasteiger partial charge on any atom is -0.491 e. The van der Waals surface area contributed by atoms with E-state index < -0.39 is 0 Å². The van der Waals surface area contributed by atoms with Gasteiger partial charge < -0.3 is 10.5 Å². The van der Waals surface area contributed by atoms with Crippen molar-refractivity contribution in [1.82, 2.24) is 4.98 Å². The van der Waals surface area contributed by atoms with Crippen LogP contribution in [0.2, 0.25) is 0 Å². The number of hydrogen-bond acceptors (Lipinski definition) is 3. The van der Waals surface area contributed by atoms with Crippen LogP contribution in [0.25, 0.3) is 0 Å². The van der Waals surface area contributed by atoms with Gasteiger partial charge in [-0.1, -0.05) is 37.9 Å². The van der Waals surface area contributed by atoms with Gasteiger partial charge in [0.15, 0.2) is 0 Å². The van der Waals surface area contributed by atoms with Crippen LogP contribution in [0.4, 0.5) is 0 Å². The van der Waals surface area contributed by atoms with Crippen LogP contribution in [0.5, 0.6) is 5.75 Å². The van der Waals surface area contributed by atoms with E-state index in [1.807, 2.05) is 6.07 Å². The highest BCUT2D eigenvalue weighted by Gasteiger charge is 2.14. The molecule has 1 aliphatic rings. The van der Waals surface area contributed by atoms with Gasteiger partial charge in [-0.05, 0) is 24.8 Å². The zero-order valence-electron chi connectivity index (χ0n) is 10.6. The van der Waals surface area contributed by atoms with E-state index in [2.05, 4.69) is 4.98 Å². The van der Waals surface area contributed by atoms with E-state index in [1.54, 1.807) is 12.4 Å². The summed E-state index contributed by atoms with van der Waals surface area (Å²) < 4.78 is 5.86. The Bertz CT molecular complexity index is 401. The third-order valence-electron chi connectivity index (χ3n) is 3.50. The highest BCUT2D eigenvalue weighted by Crippen LogP contribution is 2.24. The van der Waals surface area contributed by atoms with E-state index in [4.69, 9.17) is 22.7 Å². The van der Waals surface area contributed by atoms with Crippen LogP contribution in [0, 0.1) is 5.92 Å². The molecule has 0 spiro atoms. The largest absolute Gasteiger partial charge is 0.491 e. The molecular weight excluding hydrogens is 244 g/mol. The molecule has 0 amide bonds. The Kier molecular flexibility index (Phi) is 4.93. The van der Waals surface area contributed by atoms with Crippen molar-refractivity contribution in [3.05, 3.63) is 24.0 Å². The van der Waals surface area contributed by atoms with Crippen molar-refractivity contribution in [3.63, 3.8) is 0 Å². The van der Waals surface area contributed by atoms with Crippen molar-refractivity contribution in [1.29, 1.82) is 0 Å². The number of nitrogens with zero attached hydrogens (tertiary/aromatic N) is 1. The van der Waals surface area contributed by atoms with Crippen molar-refractivity contribution in [2.75, 3.05) is 6.61 Å². The maximum absolute atomic E-state index is 5.86. The van der Waals surface area contributed by atoms with Crippen LogP contribution in [-0.2, 0) is 0 Å². The molecule has 0 unspecified atom stereocenters. The number of aromatic nitrogens is 1. The zero-order valence-corrected chi connectivity index (χ0v) is 11.4. The second-order valence-corrected chi connectivity index (χ2v) is 5.34. The fourth-order valence-corrected chi connectivity index (χ4v) is 2.61. The highest BCUT2D eigenvalue weighted by molar-refractivity contribution is 7.80. The van der Waals surface area contributed by atoms with Crippen LogP contribution in [-0.4, -0.2) is 16.6 Å². The van der Waals surface area contributed by atoms with Gasteiger partial charge in [0.25, 0.3) is 0 Å². The van der Waals surface area contributed by atoms with Gasteiger partial charge in [-0.3, -0.25) is 4.98 Å². The first-order valence-corrected chi connectivity index (χ1v) is 7.05. The summed E-state index contributed by atoms with van der Waals surface area (Å²) in [4.78, 5) is 4.44. The lowest BCUT2D eigenvalue weighted by atomic mass is 10.0. The summed E-state index contributed by atoms with van der Waals surface area (Å²) in [5.74, 6) is 1.38. The Hall–Kier alpha value is -1.16. The lowest BCUT2D eigenvalue weighted by molar-refractivity contribution is 0.232. The topological polar surface area (TPSA) is 48.1 Å². The molecule has 2 rings (SSSR count). The molecule has 1 heterocycles. The van der Waals surface area contributed by atoms with Crippen molar-refractivity contribution >= 4 is 17.2 Å². The molecule has 0 radical (unpaired) electrons. The first-order valence-electron chi connectivity index (χ1n) is 6.64. The summed E-state index contributed by atoms with van der Waals surface area (Å²) in [7, 11) is 0. The molecule has 18 heavy (non-hydrogen) atoms. The van der Waals surface area contributed by atoms with E-state index in [1.165, 1.54) is 38.5 Å². The predicted octanol–water partition coefficient (Wildman–Crippen LogP) is 3.07. The van der Waals surface area contributed by atoms with Gasteiger partial charge in [0.2, 0.25) is 0 Å². The molecular formula is C14H20N2OS. The minimum absolute atomic E-state index is 0.369. The Morgan fingerprint density at radius 2 is 2.06 bits per heavy atom. The summed E-state index contributed by atoms with van der Waals surface area (Å²) >= 11 is 5.01. The normalized spacial score (nSPS) is 17.1. The van der Waals surface area contributed by atoms with Crippen molar-refractivity contribution in [2.24, 2.45) is 11.7 Å². The SMILES string of the molecule is NC(=S)c1ccncc1OCC1CCCCCC1. The Balaban J connectivity index is 1.94. The van der Waals surface area contributed by atoms with Gasteiger partial charge in [-0.15, -0.1) is 0 Å². The molecule has 0 bridgehead atoms. The second kappa shape index (κ2) is 6.69. The Labute approximate surface area is 114 Å². The van der Waals surface area contributed by atoms with Crippen molar-refractivity contribution in [3.8, 4) is 5.75 Å². The third-order valence-corrected chi connectivity index (χ3v) is 3.72. The molecule has 1 aromatic heterocycles. The first-order chi connectivity index (χ1) is 8.77. The molecule has 1 saturated carbocycles. The van der Waals surface area contributed by atoms with Gasteiger partial charge >= 0.3 is 0 Å². The molecule has 1 fully saturated rings. The summed E-state index contributed by atoms with van der Waals surface area (Å²) in [6.45, 7) is 0.751. The predicted molar refractivity (Wildman–Crippen MR) is 76.8 cm³/mol. The van der Waals surface area contributed by atoms with Gasteiger partial charge in [0, 0.05) is 6.20 Å². The van der Waals surface area contributed by atoms with Crippen LogP contribution < -0.4 is 10.5 Å². The lowest BCUT2D eigenvalue weighted by Crippen LogP contribution is -2.15. The second-order valence-electron chi connectivity index (χ2n) is 4.90. The summed E-state index contributed by atoms with van der Waals surface area (Å²) in [5.41, 5.74) is 6.46. The van der Waals surface area contributed by atoms with E-state index in [-0.39, 0.29) is 0 Å². The van der Waals surface area contributed by atoms with Gasteiger partial charge in [0.1, 0.15) is 10.7 Å². The lowest BCUT2D eigenvalue weighted by Gasteiger charge is -2.16. The molecule has 2 N–H and O–H groups in total. The number of hydrogen-bond donors (Lipinski definition) is 1. The van der Waals surface area contributed by atoms with Gasteiger partial charge in [-0.2, -0.15) is 0 Å². The smallest absolute Gasteiger partial charge is 0.147 e. The van der Waals surface area contributed by atoms with Crippen LogP contribution in [0.15, 0.2) is 18.5 Å². The minimum atomic E-state index is 0.369. The van der Waals surface area contributed by atoms with Gasteiger partial charge in [-0.25, -0.2) is 0 Å². The third kappa shape index (κ3) is 3.67. The summed E-state index contributed by atoms with van der Waals surface area (Å²) in [5, 5.41) is 0. The van der Waals surface area contributed by atoms with Crippen LogP contribution in [0.3, 0.4) is 0 Å². The molecule has 1 aromatic rings. The van der Waals surface area contributed by atoms with Crippen molar-refractivity contribution < 1.29 is 4.74 Å². The molecule has 0 saturated heterocycles. The number of thiocarbonyl (C=S) groups is 1. The van der Waals surface area contributed by atoms with Crippen LogP contribution >= 0.6 is 12.2 Å². The number of rotatable bonds is 4. The highest BCUT2D eigenvalue weighted by atomic mass is 32.1. The maximum Gasteiger partial charge on any atom is 0.147 e. The molecule has 3 nitrogen and oxygen atoms in total. The quantitative estimate of drug-likeness (QED) is 0.670.